The fourth-order valence-corrected chi connectivity index (χ4v) is 5.84. The lowest BCUT2D eigenvalue weighted by molar-refractivity contribution is 0.0712. The molecule has 0 bridgehead atoms. The second-order valence-electron chi connectivity index (χ2n) is 2.98. The molecule has 0 aliphatic carbocycles. The molecule has 0 saturated heterocycles. The van der Waals surface area contributed by atoms with Crippen molar-refractivity contribution >= 4 is 41.1 Å². The summed E-state index contributed by atoms with van der Waals surface area (Å²) < 4.78 is 17.2. The first-order chi connectivity index (χ1) is 7.74. The van der Waals surface area contributed by atoms with Gasteiger partial charge in [-0.15, -0.1) is 0 Å². The lowest BCUT2D eigenvalue weighted by atomic mass is 10.6. The second kappa shape index (κ2) is 13.5. The van der Waals surface area contributed by atoms with E-state index in [0.29, 0.717) is 19.8 Å². The minimum Gasteiger partial charge on any atom is -0.412 e. The molecule has 0 fully saturated rings. The van der Waals surface area contributed by atoms with Crippen LogP contribution in [0, 0.1) is 0 Å². The summed E-state index contributed by atoms with van der Waals surface area (Å²) in [5.74, 6) is 1.05. The molecular formula is C9H24O4S3Si. The van der Waals surface area contributed by atoms with Crippen LogP contribution < -0.4 is 0 Å². The minimum absolute atomic E-state index is 0. The first-order valence-electron chi connectivity index (χ1n) is 5.59. The Labute approximate surface area is 118 Å². The number of hydrogen-bond acceptors (Lipinski definition) is 6. The first-order valence-corrected chi connectivity index (χ1v) is 10.9. The van der Waals surface area contributed by atoms with Gasteiger partial charge >= 0.3 is 8.80 Å². The SMILES string of the molecule is CCO[Si](CCCSSS)(OCC)OCC.O. The van der Waals surface area contributed by atoms with Crippen LogP contribution in [0.15, 0.2) is 0 Å². The summed E-state index contributed by atoms with van der Waals surface area (Å²) >= 11 is 4.09. The summed E-state index contributed by atoms with van der Waals surface area (Å²) in [6.45, 7) is 7.91. The average Bonchev–Trinajstić information content (AvgIpc) is 2.26. The van der Waals surface area contributed by atoms with Crippen molar-refractivity contribution in [1.82, 2.24) is 0 Å². The van der Waals surface area contributed by atoms with Gasteiger partial charge in [0.2, 0.25) is 0 Å². The van der Waals surface area contributed by atoms with Crippen LogP contribution in [0.25, 0.3) is 0 Å². The molecule has 0 atom stereocenters. The van der Waals surface area contributed by atoms with Gasteiger partial charge in [0, 0.05) is 31.6 Å². The van der Waals surface area contributed by atoms with Crippen molar-refractivity contribution in [3.05, 3.63) is 0 Å². The summed E-state index contributed by atoms with van der Waals surface area (Å²) in [5, 5.41) is 0. The Kier molecular flexibility index (Phi) is 16.3. The van der Waals surface area contributed by atoms with Gasteiger partial charge in [-0.3, -0.25) is 0 Å². The summed E-state index contributed by atoms with van der Waals surface area (Å²) in [6.07, 6.45) is 1.05. The van der Waals surface area contributed by atoms with Gasteiger partial charge in [-0.25, -0.2) is 0 Å². The van der Waals surface area contributed by atoms with Gasteiger partial charge in [0.25, 0.3) is 0 Å². The zero-order chi connectivity index (χ0) is 12.3. The third-order valence-corrected chi connectivity index (χ3v) is 7.33. The molecule has 17 heavy (non-hydrogen) atoms. The molecule has 0 unspecified atom stereocenters. The molecule has 106 valence electrons. The highest BCUT2D eigenvalue weighted by atomic mass is 33.5. The van der Waals surface area contributed by atoms with Crippen molar-refractivity contribution < 1.29 is 18.8 Å². The predicted molar refractivity (Wildman–Crippen MR) is 82.7 cm³/mol. The molecule has 0 aliphatic rings. The highest BCUT2D eigenvalue weighted by molar-refractivity contribution is 9.05. The Bertz CT molecular complexity index is 148. The molecule has 0 aromatic heterocycles. The largest absolute Gasteiger partial charge is 0.500 e. The minimum atomic E-state index is -2.39. The molecule has 0 radical (unpaired) electrons. The van der Waals surface area contributed by atoms with Crippen molar-refractivity contribution in [3.63, 3.8) is 0 Å². The fraction of sp³-hybridized carbons (Fsp3) is 1.00. The molecule has 4 nitrogen and oxygen atoms in total. The molecule has 0 heterocycles. The van der Waals surface area contributed by atoms with Gasteiger partial charge in [-0.1, -0.05) is 22.5 Å². The Morgan fingerprint density at radius 3 is 1.82 bits per heavy atom. The topological polar surface area (TPSA) is 59.2 Å². The van der Waals surface area contributed by atoms with Crippen molar-refractivity contribution in [2.75, 3.05) is 25.6 Å². The summed E-state index contributed by atoms with van der Waals surface area (Å²) in [6, 6.07) is 0.893. The molecule has 2 N–H and O–H groups in total. The third-order valence-electron chi connectivity index (χ3n) is 1.86. The Morgan fingerprint density at radius 1 is 1.00 bits per heavy atom. The van der Waals surface area contributed by atoms with E-state index in [1.54, 1.807) is 10.8 Å². The van der Waals surface area contributed by atoms with E-state index < -0.39 is 8.80 Å². The van der Waals surface area contributed by atoms with Crippen LogP contribution in [-0.2, 0) is 13.3 Å². The van der Waals surface area contributed by atoms with Crippen molar-refractivity contribution in [2.45, 2.75) is 33.2 Å². The first kappa shape index (κ1) is 20.4. The van der Waals surface area contributed by atoms with Gasteiger partial charge in [-0.05, 0) is 37.0 Å². The Hall–Kier alpha value is 1.11. The van der Waals surface area contributed by atoms with Gasteiger partial charge in [-0.2, -0.15) is 0 Å². The second-order valence-corrected chi connectivity index (χ2v) is 9.00. The molecule has 0 aromatic rings. The van der Waals surface area contributed by atoms with Crippen LogP contribution in [0.4, 0.5) is 0 Å². The summed E-state index contributed by atoms with van der Waals surface area (Å²) in [4.78, 5) is 0. The average molecular weight is 321 g/mol. The maximum absolute atomic E-state index is 5.75. The maximum Gasteiger partial charge on any atom is 0.500 e. The van der Waals surface area contributed by atoms with E-state index in [1.165, 1.54) is 9.83 Å². The molecular weight excluding hydrogens is 296 g/mol. The van der Waals surface area contributed by atoms with Gasteiger partial charge in [0.1, 0.15) is 0 Å². The van der Waals surface area contributed by atoms with Crippen LogP contribution in [0.5, 0.6) is 0 Å². The van der Waals surface area contributed by atoms with E-state index in [-0.39, 0.29) is 5.48 Å². The van der Waals surface area contributed by atoms with Crippen molar-refractivity contribution in [3.8, 4) is 0 Å². The normalized spacial score (nSPS) is 11.3. The summed E-state index contributed by atoms with van der Waals surface area (Å²) in [5.41, 5.74) is 0. The number of thiol groups is 1. The maximum atomic E-state index is 5.75. The Morgan fingerprint density at radius 2 is 1.47 bits per heavy atom. The van der Waals surface area contributed by atoms with Crippen LogP contribution in [0.2, 0.25) is 6.04 Å². The van der Waals surface area contributed by atoms with E-state index in [0.717, 1.165) is 18.2 Å². The number of hydrogen-bond donors (Lipinski definition) is 1. The summed E-state index contributed by atoms with van der Waals surface area (Å²) in [7, 11) is 0.843. The van der Waals surface area contributed by atoms with Crippen LogP contribution in [0.3, 0.4) is 0 Å². The Balaban J connectivity index is 0. The van der Waals surface area contributed by atoms with Gasteiger partial charge in [0.05, 0.1) is 0 Å². The molecule has 0 amide bonds. The van der Waals surface area contributed by atoms with Crippen molar-refractivity contribution in [2.24, 2.45) is 0 Å². The predicted octanol–water partition coefficient (Wildman–Crippen LogP) is 2.83. The zero-order valence-corrected chi connectivity index (χ0v) is 14.3. The van der Waals surface area contributed by atoms with Gasteiger partial charge in [0.15, 0.2) is 0 Å². The molecule has 0 rings (SSSR count). The highest BCUT2D eigenvalue weighted by Gasteiger charge is 2.39. The van der Waals surface area contributed by atoms with E-state index in [1.807, 2.05) is 20.8 Å². The lowest BCUT2D eigenvalue weighted by Crippen LogP contribution is -2.46. The quantitative estimate of drug-likeness (QED) is 0.274. The monoisotopic (exact) mass is 320 g/mol. The van der Waals surface area contributed by atoms with E-state index in [9.17, 15) is 0 Å². The van der Waals surface area contributed by atoms with E-state index in [2.05, 4.69) is 11.7 Å². The van der Waals surface area contributed by atoms with Crippen LogP contribution in [-0.4, -0.2) is 39.9 Å². The molecule has 0 aromatic carbocycles. The number of rotatable bonds is 11. The smallest absolute Gasteiger partial charge is 0.412 e. The standard InChI is InChI=1S/C9H22O3S3Si.H2O/c1-4-10-16(11-5-2,12-6-3)9-7-8-14-15-13;/h13H,4-9H2,1-3H3;1H2. The molecule has 0 saturated carbocycles. The van der Waals surface area contributed by atoms with Gasteiger partial charge < -0.3 is 18.8 Å². The lowest BCUT2D eigenvalue weighted by Gasteiger charge is -2.28. The van der Waals surface area contributed by atoms with E-state index >= 15 is 0 Å². The zero-order valence-electron chi connectivity index (χ0n) is 10.7. The fourth-order valence-electron chi connectivity index (χ4n) is 1.39. The molecule has 0 spiro atoms. The molecule has 0 aliphatic heterocycles. The van der Waals surface area contributed by atoms with Crippen LogP contribution >= 0.6 is 32.3 Å². The van der Waals surface area contributed by atoms with Crippen molar-refractivity contribution in [1.29, 1.82) is 0 Å². The molecule has 8 heteroatoms. The highest BCUT2D eigenvalue weighted by Crippen LogP contribution is 2.27. The third kappa shape index (κ3) is 9.66. The van der Waals surface area contributed by atoms with E-state index in [4.69, 9.17) is 13.3 Å². The van der Waals surface area contributed by atoms with Crippen LogP contribution in [0.1, 0.15) is 27.2 Å².